The van der Waals surface area contributed by atoms with E-state index < -0.39 is 23.3 Å². The maximum absolute atomic E-state index is 15.3. The number of ether oxygens (including phenoxy) is 1. The van der Waals surface area contributed by atoms with Crippen molar-refractivity contribution in [2.24, 2.45) is 17.8 Å². The molecule has 0 N–H and O–H groups in total. The average molecular weight is 549 g/mol. The van der Waals surface area contributed by atoms with Crippen LogP contribution in [0, 0.1) is 41.0 Å². The van der Waals surface area contributed by atoms with Crippen LogP contribution in [0.4, 0.5) is 17.6 Å². The Kier molecular flexibility index (Phi) is 8.78. The van der Waals surface area contributed by atoms with Crippen molar-refractivity contribution >= 4 is 5.57 Å². The Hall–Kier alpha value is -3.34. The summed E-state index contributed by atoms with van der Waals surface area (Å²) in [7, 11) is 0. The molecule has 1 nitrogen and oxygen atoms in total. The van der Waals surface area contributed by atoms with Gasteiger partial charge in [0.05, 0.1) is 6.61 Å². The van der Waals surface area contributed by atoms with Gasteiger partial charge in [0.25, 0.3) is 0 Å². The lowest BCUT2D eigenvalue weighted by molar-refractivity contribution is 0.212. The fraction of sp³-hybridized carbons (Fsp3) is 0.371. The van der Waals surface area contributed by atoms with Gasteiger partial charge in [-0.3, -0.25) is 0 Å². The van der Waals surface area contributed by atoms with Crippen LogP contribution in [-0.4, -0.2) is 6.61 Å². The highest BCUT2D eigenvalue weighted by molar-refractivity contribution is 5.74. The van der Waals surface area contributed by atoms with E-state index in [4.69, 9.17) is 4.74 Å². The van der Waals surface area contributed by atoms with Crippen molar-refractivity contribution in [2.75, 3.05) is 6.61 Å². The summed E-state index contributed by atoms with van der Waals surface area (Å²) < 4.78 is 64.7. The predicted molar refractivity (Wildman–Crippen MR) is 154 cm³/mol. The Labute approximate surface area is 234 Å². The van der Waals surface area contributed by atoms with Crippen LogP contribution in [0.25, 0.3) is 27.8 Å². The number of halogens is 4. The van der Waals surface area contributed by atoms with E-state index in [0.717, 1.165) is 30.8 Å². The minimum atomic E-state index is -1.05. The molecular formula is C35H36F4O. The van der Waals surface area contributed by atoms with Gasteiger partial charge in [-0.25, -0.2) is 13.2 Å². The van der Waals surface area contributed by atoms with E-state index in [2.05, 4.69) is 25.2 Å². The lowest BCUT2D eigenvalue weighted by Crippen LogP contribution is -2.22. The van der Waals surface area contributed by atoms with Gasteiger partial charge in [0.2, 0.25) is 5.82 Å². The Bertz CT molecular complexity index is 1400. The molecule has 2 aliphatic carbocycles. The summed E-state index contributed by atoms with van der Waals surface area (Å²) in [6.45, 7) is 4.00. The van der Waals surface area contributed by atoms with Crippen LogP contribution in [-0.2, 0) is 0 Å². The molecule has 0 saturated heterocycles. The van der Waals surface area contributed by atoms with E-state index in [0.29, 0.717) is 28.5 Å². The summed E-state index contributed by atoms with van der Waals surface area (Å²) in [5.74, 6) is -1.88. The highest BCUT2D eigenvalue weighted by atomic mass is 19.2. The Morgan fingerprint density at radius 1 is 0.700 bits per heavy atom. The van der Waals surface area contributed by atoms with Crippen molar-refractivity contribution in [3.63, 3.8) is 0 Å². The lowest BCUT2D eigenvalue weighted by Gasteiger charge is -2.35. The second-order valence-electron chi connectivity index (χ2n) is 11.0. The summed E-state index contributed by atoms with van der Waals surface area (Å²) in [5, 5.41) is 0. The third-order valence-electron chi connectivity index (χ3n) is 8.68. The van der Waals surface area contributed by atoms with Crippen LogP contribution < -0.4 is 4.74 Å². The molecule has 5 heteroatoms. The highest BCUT2D eigenvalue weighted by Crippen LogP contribution is 2.42. The molecule has 3 aromatic carbocycles. The number of rotatable bonds is 7. The van der Waals surface area contributed by atoms with Crippen LogP contribution in [0.15, 0.2) is 66.8 Å². The summed E-state index contributed by atoms with van der Waals surface area (Å²) in [6, 6.07) is 12.4. The minimum Gasteiger partial charge on any atom is -0.491 e. The van der Waals surface area contributed by atoms with Crippen molar-refractivity contribution < 1.29 is 22.3 Å². The van der Waals surface area contributed by atoms with Crippen LogP contribution in [0.2, 0.25) is 0 Å². The van der Waals surface area contributed by atoms with E-state index >= 15 is 8.78 Å². The van der Waals surface area contributed by atoms with Crippen LogP contribution >= 0.6 is 0 Å². The maximum Gasteiger partial charge on any atom is 0.201 e. The molecule has 1 atom stereocenters. The van der Waals surface area contributed by atoms with Gasteiger partial charge in [-0.2, -0.15) is 4.39 Å². The molecule has 2 aliphatic rings. The Morgan fingerprint density at radius 2 is 1.27 bits per heavy atom. The first-order valence-electron chi connectivity index (χ1n) is 14.4. The van der Waals surface area contributed by atoms with Gasteiger partial charge in [-0.1, -0.05) is 54.6 Å². The van der Waals surface area contributed by atoms with Gasteiger partial charge < -0.3 is 4.74 Å². The standard InChI is InChI=1S/C35H36F4O/c1-3-5-22-6-8-23(9-7-22)24-10-12-25(13-11-24)28-18-19-29(33(37)32(28)36)26-14-16-27(17-15-26)30-20-21-31(40-4-2)35(39)34(30)38/h3,5,12,14-24H,4,6-11,13H2,1-2H3/b5-3+. The smallest absolute Gasteiger partial charge is 0.201 e. The quantitative estimate of drug-likeness (QED) is 0.211. The molecule has 5 rings (SSSR count). The number of benzene rings is 3. The first-order chi connectivity index (χ1) is 19.4. The largest absolute Gasteiger partial charge is 0.491 e. The van der Waals surface area contributed by atoms with Crippen molar-refractivity contribution in [1.29, 1.82) is 0 Å². The fourth-order valence-corrected chi connectivity index (χ4v) is 6.48. The van der Waals surface area contributed by atoms with Crippen LogP contribution in [0.5, 0.6) is 5.75 Å². The zero-order chi connectivity index (χ0) is 28.2. The topological polar surface area (TPSA) is 9.23 Å². The third kappa shape index (κ3) is 5.75. The maximum atomic E-state index is 15.3. The molecule has 0 radical (unpaired) electrons. The predicted octanol–water partition coefficient (Wildman–Crippen LogP) is 10.5. The van der Waals surface area contributed by atoms with E-state index in [1.54, 1.807) is 43.3 Å². The van der Waals surface area contributed by atoms with Crippen molar-refractivity contribution in [2.45, 2.75) is 58.8 Å². The first kappa shape index (κ1) is 28.2. The molecular weight excluding hydrogens is 512 g/mol. The molecule has 0 bridgehead atoms. The second-order valence-corrected chi connectivity index (χ2v) is 11.0. The minimum absolute atomic E-state index is 0.0721. The number of allylic oxidation sites excluding steroid dienone is 4. The molecule has 210 valence electrons. The molecule has 0 aromatic heterocycles. The monoisotopic (exact) mass is 548 g/mol. The van der Waals surface area contributed by atoms with Gasteiger partial charge in [-0.05, 0) is 105 Å². The van der Waals surface area contributed by atoms with Crippen molar-refractivity contribution in [3.05, 3.63) is 95.6 Å². The van der Waals surface area contributed by atoms with Gasteiger partial charge >= 0.3 is 0 Å². The summed E-state index contributed by atoms with van der Waals surface area (Å²) in [4.78, 5) is 0. The Morgan fingerprint density at radius 3 is 1.85 bits per heavy atom. The first-order valence-corrected chi connectivity index (χ1v) is 14.4. The number of hydrogen-bond acceptors (Lipinski definition) is 1. The van der Waals surface area contributed by atoms with Gasteiger partial charge in [-0.15, -0.1) is 0 Å². The molecule has 1 unspecified atom stereocenters. The molecule has 3 aromatic rings. The Balaban J connectivity index is 1.30. The molecule has 1 saturated carbocycles. The zero-order valence-corrected chi connectivity index (χ0v) is 23.2. The van der Waals surface area contributed by atoms with E-state index in [9.17, 15) is 8.78 Å². The molecule has 0 aliphatic heterocycles. The molecule has 40 heavy (non-hydrogen) atoms. The van der Waals surface area contributed by atoms with Crippen molar-refractivity contribution in [1.82, 2.24) is 0 Å². The van der Waals surface area contributed by atoms with Crippen molar-refractivity contribution in [3.8, 4) is 28.0 Å². The number of hydrogen-bond donors (Lipinski definition) is 0. The lowest BCUT2D eigenvalue weighted by atomic mass is 9.71. The molecule has 1 fully saturated rings. The average Bonchev–Trinajstić information content (AvgIpc) is 2.98. The summed E-state index contributed by atoms with van der Waals surface area (Å²) in [5.41, 5.74) is 2.31. The highest BCUT2D eigenvalue weighted by Gasteiger charge is 2.29. The fourth-order valence-electron chi connectivity index (χ4n) is 6.48. The second kappa shape index (κ2) is 12.4. The zero-order valence-electron chi connectivity index (χ0n) is 23.2. The van der Waals surface area contributed by atoms with E-state index in [1.807, 2.05) is 0 Å². The van der Waals surface area contributed by atoms with Crippen LogP contribution in [0.3, 0.4) is 0 Å². The molecule has 0 spiro atoms. The van der Waals surface area contributed by atoms with Crippen LogP contribution in [0.1, 0.15) is 64.4 Å². The summed E-state index contributed by atoms with van der Waals surface area (Å²) in [6.07, 6.45) is 14.3. The SMILES string of the molecule is C/C=C/C1CCC(C2CC=C(c3ccc(-c4ccc(-c5ccc(OCC)c(F)c5F)cc4)c(F)c3F)CC2)CC1. The summed E-state index contributed by atoms with van der Waals surface area (Å²) >= 11 is 0. The van der Waals surface area contributed by atoms with Gasteiger partial charge in [0, 0.05) is 16.7 Å². The van der Waals surface area contributed by atoms with Gasteiger partial charge in [0.15, 0.2) is 23.2 Å². The molecule has 0 heterocycles. The molecule has 0 amide bonds. The van der Waals surface area contributed by atoms with E-state index in [1.165, 1.54) is 37.8 Å². The normalized spacial score (nSPS) is 21.4. The van der Waals surface area contributed by atoms with E-state index in [-0.39, 0.29) is 23.5 Å². The van der Waals surface area contributed by atoms with Gasteiger partial charge in [0.1, 0.15) is 0 Å². The third-order valence-corrected chi connectivity index (χ3v) is 8.68.